The summed E-state index contributed by atoms with van der Waals surface area (Å²) >= 11 is 0. The smallest absolute Gasteiger partial charge is 0.426 e. The van der Waals surface area contributed by atoms with E-state index in [-0.39, 0.29) is 40.8 Å². The van der Waals surface area contributed by atoms with Crippen molar-refractivity contribution in [3.8, 4) is 5.75 Å². The minimum absolute atomic E-state index is 0.0414. The van der Waals surface area contributed by atoms with Crippen molar-refractivity contribution in [1.82, 2.24) is 0 Å². The van der Waals surface area contributed by atoms with Crippen molar-refractivity contribution in [1.29, 1.82) is 0 Å². The molecule has 3 aliphatic carbocycles. The van der Waals surface area contributed by atoms with E-state index in [0.29, 0.717) is 25.7 Å². The second-order valence-corrected chi connectivity index (χ2v) is 11.7. The molecule has 1 aromatic carbocycles. The first-order chi connectivity index (χ1) is 17.1. The summed E-state index contributed by atoms with van der Waals surface area (Å²) < 4.78 is 78.1. The van der Waals surface area contributed by atoms with E-state index in [1.165, 1.54) is 0 Å². The zero-order valence-corrected chi connectivity index (χ0v) is 21.0. The number of phenols is 1. The minimum Gasteiger partial charge on any atom is -0.508 e. The van der Waals surface area contributed by atoms with Crippen LogP contribution in [0.4, 0.5) is 26.3 Å². The number of rotatable bonds is 7. The van der Waals surface area contributed by atoms with Crippen LogP contribution in [-0.2, 0) is 6.42 Å². The first-order valence-electron chi connectivity index (χ1n) is 13.1. The van der Waals surface area contributed by atoms with Crippen LogP contribution >= 0.6 is 0 Å². The number of allylic oxidation sites excluding steroid dienone is 1. The third-order valence-corrected chi connectivity index (χ3v) is 9.91. The van der Waals surface area contributed by atoms with Gasteiger partial charge in [0.05, 0.1) is 6.10 Å². The van der Waals surface area contributed by atoms with E-state index in [1.54, 1.807) is 12.1 Å². The van der Waals surface area contributed by atoms with Gasteiger partial charge in [-0.25, -0.2) is 0 Å². The van der Waals surface area contributed by atoms with Crippen molar-refractivity contribution in [2.24, 2.45) is 22.7 Å². The van der Waals surface area contributed by atoms with Crippen molar-refractivity contribution in [2.75, 3.05) is 0 Å². The molecule has 6 atom stereocenters. The Morgan fingerprint density at radius 1 is 1.05 bits per heavy atom. The van der Waals surface area contributed by atoms with E-state index in [0.717, 1.165) is 30.4 Å². The summed E-state index contributed by atoms with van der Waals surface area (Å²) in [7, 11) is 0. The number of hydrogen-bond donors (Lipinski definition) is 3. The van der Waals surface area contributed by atoms with Crippen molar-refractivity contribution in [3.63, 3.8) is 0 Å². The number of hydrogen-bond acceptors (Lipinski definition) is 3. The van der Waals surface area contributed by atoms with E-state index in [2.05, 4.69) is 13.5 Å². The van der Waals surface area contributed by atoms with Gasteiger partial charge in [-0.1, -0.05) is 31.9 Å². The number of fused-ring (bicyclic) bond motifs is 5. The number of aliphatic hydroxyl groups excluding tert-OH is 1. The predicted molar refractivity (Wildman–Crippen MR) is 127 cm³/mol. The topological polar surface area (TPSA) is 60.7 Å². The molecule has 2 saturated carbocycles. The maximum atomic E-state index is 13.0. The molecule has 3 aliphatic rings. The molecule has 3 N–H and O–H groups in total. The highest BCUT2D eigenvalue weighted by atomic mass is 19.4. The molecule has 4 unspecified atom stereocenters. The minimum atomic E-state index is -5.79. The molecule has 0 radical (unpaired) electrons. The van der Waals surface area contributed by atoms with Gasteiger partial charge in [-0.3, -0.25) is 0 Å². The molecule has 0 spiro atoms. The van der Waals surface area contributed by atoms with E-state index < -0.39 is 36.9 Å². The standard InChI is InChI=1S/C28H36F6O3/c1-3-25-14-12-17-15-19(35)8-9-20(17)23(25)18(16-24(2)21(25)10-11-22(24)36)7-5-4-6-13-26(37,27(29,30)31)28(32,33)34/h3,8-9,15,18,21-23,35-37H,1,4-7,10-14,16H2,2H3/t18-,21?,22?,23?,24-,25?/m0/s1. The Morgan fingerprint density at radius 2 is 1.73 bits per heavy atom. The van der Waals surface area contributed by atoms with E-state index in [4.69, 9.17) is 0 Å². The maximum Gasteiger partial charge on any atom is 0.426 e. The van der Waals surface area contributed by atoms with Gasteiger partial charge < -0.3 is 15.3 Å². The summed E-state index contributed by atoms with van der Waals surface area (Å²) in [6, 6.07) is 5.35. The molecule has 0 aromatic heterocycles. The van der Waals surface area contributed by atoms with Gasteiger partial charge >= 0.3 is 12.4 Å². The average Bonchev–Trinajstić information content (AvgIpc) is 3.11. The number of alkyl halides is 6. The lowest BCUT2D eigenvalue weighted by atomic mass is 9.44. The summed E-state index contributed by atoms with van der Waals surface area (Å²) in [6.45, 7) is 6.31. The largest absolute Gasteiger partial charge is 0.508 e. The van der Waals surface area contributed by atoms with E-state index >= 15 is 0 Å². The number of aryl methyl sites for hydroxylation is 1. The molecule has 1 aromatic rings. The summed E-state index contributed by atoms with van der Waals surface area (Å²) in [5, 5.41) is 30.5. The van der Waals surface area contributed by atoms with Gasteiger partial charge in [0.25, 0.3) is 5.60 Å². The van der Waals surface area contributed by atoms with E-state index in [9.17, 15) is 41.7 Å². The average molecular weight is 535 g/mol. The second-order valence-electron chi connectivity index (χ2n) is 11.7. The van der Waals surface area contributed by atoms with Crippen LogP contribution in [0.5, 0.6) is 5.75 Å². The third kappa shape index (κ3) is 4.48. The van der Waals surface area contributed by atoms with Gasteiger partial charge in [0.2, 0.25) is 0 Å². The summed E-state index contributed by atoms with van der Waals surface area (Å²) in [5.74, 6) is 0.476. The maximum absolute atomic E-state index is 13.0. The molecule has 9 heteroatoms. The fourth-order valence-electron chi connectivity index (χ4n) is 8.10. The Hall–Kier alpha value is -1.74. The summed E-state index contributed by atoms with van der Waals surface area (Å²) in [5.41, 5.74) is -3.18. The Balaban J connectivity index is 1.56. The van der Waals surface area contributed by atoms with Crippen molar-refractivity contribution < 1.29 is 41.7 Å². The van der Waals surface area contributed by atoms with Gasteiger partial charge in [0, 0.05) is 0 Å². The van der Waals surface area contributed by atoms with Crippen molar-refractivity contribution in [3.05, 3.63) is 42.0 Å². The number of aliphatic hydroxyl groups is 2. The summed E-state index contributed by atoms with van der Waals surface area (Å²) in [6.07, 6.45) is -6.96. The SMILES string of the molecule is C=CC12CCc3cc(O)ccc3C1[C@@H](CCCCCC(O)(C(F)(F)F)C(F)(F)F)C[C@]1(C)C(O)CCC21. The van der Waals surface area contributed by atoms with Crippen LogP contribution in [0.3, 0.4) is 0 Å². The summed E-state index contributed by atoms with van der Waals surface area (Å²) in [4.78, 5) is 0. The highest BCUT2D eigenvalue weighted by Gasteiger charge is 2.69. The molecule has 0 amide bonds. The predicted octanol–water partition coefficient (Wildman–Crippen LogP) is 7.20. The van der Waals surface area contributed by atoms with Crippen LogP contribution in [0.1, 0.15) is 81.8 Å². The quantitative estimate of drug-likeness (QED) is 0.197. The highest BCUT2D eigenvalue weighted by molar-refractivity contribution is 5.43. The molecular formula is C28H36F6O3. The second kappa shape index (κ2) is 9.47. The molecular weight excluding hydrogens is 498 g/mol. The first kappa shape index (κ1) is 28.3. The fourth-order valence-corrected chi connectivity index (χ4v) is 8.10. The molecule has 3 nitrogen and oxygen atoms in total. The number of unbranched alkanes of at least 4 members (excludes halogenated alkanes) is 2. The van der Waals surface area contributed by atoms with Gasteiger partial charge in [0.15, 0.2) is 0 Å². The molecule has 2 fully saturated rings. The lowest BCUT2D eigenvalue weighted by Crippen LogP contribution is -2.56. The Labute approximate surface area is 213 Å². The van der Waals surface area contributed by atoms with Crippen molar-refractivity contribution in [2.45, 2.75) is 101 Å². The van der Waals surface area contributed by atoms with Gasteiger partial charge in [-0.05, 0) is 103 Å². The Bertz CT molecular complexity index is 991. The number of benzene rings is 1. The molecule has 0 saturated heterocycles. The van der Waals surface area contributed by atoms with Crippen LogP contribution in [-0.4, -0.2) is 39.4 Å². The van der Waals surface area contributed by atoms with Crippen LogP contribution in [0.2, 0.25) is 0 Å². The van der Waals surface area contributed by atoms with Crippen LogP contribution in [0.15, 0.2) is 30.9 Å². The van der Waals surface area contributed by atoms with Gasteiger partial charge in [-0.2, -0.15) is 26.3 Å². The van der Waals surface area contributed by atoms with Gasteiger partial charge in [-0.15, -0.1) is 6.58 Å². The van der Waals surface area contributed by atoms with Crippen molar-refractivity contribution >= 4 is 0 Å². The fraction of sp³-hybridized carbons (Fsp3) is 0.714. The van der Waals surface area contributed by atoms with E-state index in [1.807, 2.05) is 12.1 Å². The lowest BCUT2D eigenvalue weighted by Gasteiger charge is -2.60. The number of halogens is 6. The Kier molecular flexibility index (Phi) is 7.24. The zero-order valence-electron chi connectivity index (χ0n) is 21.0. The molecule has 37 heavy (non-hydrogen) atoms. The monoisotopic (exact) mass is 534 g/mol. The van der Waals surface area contributed by atoms with Crippen LogP contribution in [0.25, 0.3) is 0 Å². The highest BCUT2D eigenvalue weighted by Crippen LogP contribution is 2.69. The molecule has 0 aliphatic heterocycles. The molecule has 0 bridgehead atoms. The number of phenolic OH excluding ortho intramolecular Hbond substituents is 1. The normalized spacial score (nSPS) is 34.0. The molecule has 208 valence electrons. The Morgan fingerprint density at radius 3 is 2.35 bits per heavy atom. The number of aromatic hydroxyl groups is 1. The molecule has 0 heterocycles. The first-order valence-corrected chi connectivity index (χ1v) is 13.1. The lowest BCUT2D eigenvalue weighted by molar-refractivity contribution is -0.370. The van der Waals surface area contributed by atoms with Gasteiger partial charge in [0.1, 0.15) is 5.75 Å². The van der Waals surface area contributed by atoms with Crippen LogP contribution in [0, 0.1) is 22.7 Å². The zero-order chi connectivity index (χ0) is 27.4. The van der Waals surface area contributed by atoms with Crippen LogP contribution < -0.4 is 0 Å². The molecule has 4 rings (SSSR count). The third-order valence-electron chi connectivity index (χ3n) is 9.91.